The summed E-state index contributed by atoms with van der Waals surface area (Å²) in [5.41, 5.74) is 0. The number of hydrogen-bond donors (Lipinski definition) is 2. The highest BCUT2D eigenvalue weighted by Crippen LogP contribution is 2.37. The van der Waals surface area contributed by atoms with Gasteiger partial charge in [-0.3, -0.25) is 4.79 Å². The Balaban J connectivity index is 1.95. The molecule has 1 heterocycles. The number of carbonyl (C=O) groups is 1. The Bertz CT molecular complexity index is 229. The van der Waals surface area contributed by atoms with Gasteiger partial charge in [-0.2, -0.15) is 0 Å². The average molecular weight is 197 g/mol. The third-order valence-corrected chi connectivity index (χ3v) is 3.93. The lowest BCUT2D eigenvalue weighted by molar-refractivity contribution is -0.139. The minimum atomic E-state index is -0.674. The molecule has 1 saturated carbocycles. The van der Waals surface area contributed by atoms with E-state index in [2.05, 4.69) is 12.2 Å². The van der Waals surface area contributed by atoms with Crippen molar-refractivity contribution >= 4 is 5.97 Å². The summed E-state index contributed by atoms with van der Waals surface area (Å²) in [6, 6.07) is 0.204. The Morgan fingerprint density at radius 2 is 2.21 bits per heavy atom. The summed E-state index contributed by atoms with van der Waals surface area (Å²) in [4.78, 5) is 10.8. The summed E-state index contributed by atoms with van der Waals surface area (Å²) in [7, 11) is 0. The van der Waals surface area contributed by atoms with Crippen molar-refractivity contribution in [2.75, 3.05) is 0 Å². The first-order valence-corrected chi connectivity index (χ1v) is 5.69. The van der Waals surface area contributed by atoms with Gasteiger partial charge in [-0.1, -0.05) is 19.8 Å². The van der Waals surface area contributed by atoms with Crippen LogP contribution in [0.15, 0.2) is 0 Å². The van der Waals surface area contributed by atoms with Crippen molar-refractivity contribution in [2.45, 2.75) is 51.1 Å². The minimum absolute atomic E-state index is 0.277. The van der Waals surface area contributed by atoms with E-state index in [4.69, 9.17) is 5.11 Å². The summed E-state index contributed by atoms with van der Waals surface area (Å²) < 4.78 is 0. The fraction of sp³-hybridized carbons (Fsp3) is 0.909. The molecule has 80 valence electrons. The Morgan fingerprint density at radius 1 is 1.43 bits per heavy atom. The van der Waals surface area contributed by atoms with Crippen LogP contribution in [0.2, 0.25) is 0 Å². The highest BCUT2D eigenvalue weighted by Gasteiger charge is 2.40. The maximum atomic E-state index is 10.8. The van der Waals surface area contributed by atoms with Crippen molar-refractivity contribution in [1.29, 1.82) is 0 Å². The molecular formula is C11H19NO2. The molecule has 0 aromatic carbocycles. The van der Waals surface area contributed by atoms with Gasteiger partial charge in [-0.25, -0.2) is 0 Å². The third kappa shape index (κ3) is 1.78. The number of carboxylic acid groups (broad SMARTS) is 1. The molecule has 0 aromatic rings. The summed E-state index contributed by atoms with van der Waals surface area (Å²) in [6.07, 6.45) is 5.79. The molecule has 0 spiro atoms. The molecule has 2 aliphatic rings. The van der Waals surface area contributed by atoms with Crippen molar-refractivity contribution in [3.05, 3.63) is 0 Å². The predicted molar refractivity (Wildman–Crippen MR) is 54.1 cm³/mol. The fourth-order valence-corrected chi connectivity index (χ4v) is 2.98. The van der Waals surface area contributed by atoms with Gasteiger partial charge in [0.15, 0.2) is 0 Å². The largest absolute Gasteiger partial charge is 0.480 e. The maximum absolute atomic E-state index is 10.8. The van der Waals surface area contributed by atoms with E-state index in [-0.39, 0.29) is 6.04 Å². The summed E-state index contributed by atoms with van der Waals surface area (Å²) in [6.45, 7) is 2.23. The van der Waals surface area contributed by atoms with Crippen LogP contribution in [0, 0.1) is 11.8 Å². The van der Waals surface area contributed by atoms with E-state index in [0.29, 0.717) is 12.0 Å². The van der Waals surface area contributed by atoms with E-state index in [9.17, 15) is 4.79 Å². The zero-order valence-electron chi connectivity index (χ0n) is 8.70. The van der Waals surface area contributed by atoms with Gasteiger partial charge >= 0.3 is 5.97 Å². The van der Waals surface area contributed by atoms with Crippen molar-refractivity contribution in [3.63, 3.8) is 0 Å². The molecule has 3 unspecified atom stereocenters. The molecule has 3 heteroatoms. The van der Waals surface area contributed by atoms with Gasteiger partial charge in [0.2, 0.25) is 0 Å². The van der Waals surface area contributed by atoms with Gasteiger partial charge < -0.3 is 10.4 Å². The SMILES string of the molecule is CCC1CCC2CC(C(=O)O)N[C@@H]2C1. The molecule has 0 radical (unpaired) electrons. The zero-order chi connectivity index (χ0) is 10.1. The summed E-state index contributed by atoms with van der Waals surface area (Å²) >= 11 is 0. The first-order valence-electron chi connectivity index (χ1n) is 5.69. The van der Waals surface area contributed by atoms with Crippen molar-refractivity contribution in [2.24, 2.45) is 11.8 Å². The van der Waals surface area contributed by atoms with Crippen molar-refractivity contribution < 1.29 is 9.90 Å². The van der Waals surface area contributed by atoms with Gasteiger partial charge in [0.05, 0.1) is 0 Å². The van der Waals surface area contributed by atoms with Gasteiger partial charge in [0.1, 0.15) is 6.04 Å². The number of carboxylic acids is 1. The number of nitrogens with one attached hydrogen (secondary N) is 1. The van der Waals surface area contributed by atoms with E-state index in [1.165, 1.54) is 25.7 Å². The second-order valence-corrected chi connectivity index (χ2v) is 4.75. The van der Waals surface area contributed by atoms with E-state index in [1.807, 2.05) is 0 Å². The van der Waals surface area contributed by atoms with Crippen molar-refractivity contribution in [1.82, 2.24) is 5.32 Å². The van der Waals surface area contributed by atoms with Gasteiger partial charge in [0.25, 0.3) is 0 Å². The Morgan fingerprint density at radius 3 is 2.86 bits per heavy atom. The summed E-state index contributed by atoms with van der Waals surface area (Å²) in [5.74, 6) is 0.766. The predicted octanol–water partition coefficient (Wildman–Crippen LogP) is 1.63. The summed E-state index contributed by atoms with van der Waals surface area (Å²) in [5, 5.41) is 12.2. The van der Waals surface area contributed by atoms with Crippen LogP contribution >= 0.6 is 0 Å². The van der Waals surface area contributed by atoms with Crippen LogP contribution in [-0.2, 0) is 4.79 Å². The number of rotatable bonds is 2. The van der Waals surface area contributed by atoms with Crippen LogP contribution in [0.4, 0.5) is 0 Å². The normalized spacial score (nSPS) is 42.1. The zero-order valence-corrected chi connectivity index (χ0v) is 8.70. The monoisotopic (exact) mass is 197 g/mol. The molecule has 2 fully saturated rings. The quantitative estimate of drug-likeness (QED) is 0.707. The first-order chi connectivity index (χ1) is 6.70. The van der Waals surface area contributed by atoms with Crippen molar-refractivity contribution in [3.8, 4) is 0 Å². The molecule has 1 aliphatic carbocycles. The van der Waals surface area contributed by atoms with Crippen LogP contribution in [0.3, 0.4) is 0 Å². The number of fused-ring (bicyclic) bond motifs is 1. The molecule has 1 aliphatic heterocycles. The van der Waals surface area contributed by atoms with Gasteiger partial charge in [-0.15, -0.1) is 0 Å². The highest BCUT2D eigenvalue weighted by molar-refractivity contribution is 5.74. The molecule has 2 N–H and O–H groups in total. The Labute approximate surface area is 84.9 Å². The molecule has 0 amide bonds. The van der Waals surface area contributed by atoms with Crippen LogP contribution in [0.25, 0.3) is 0 Å². The molecule has 0 bridgehead atoms. The van der Waals surface area contributed by atoms with Crippen LogP contribution in [0.1, 0.15) is 39.0 Å². The van der Waals surface area contributed by atoms with Crippen LogP contribution in [0.5, 0.6) is 0 Å². The first kappa shape index (κ1) is 9.97. The number of aliphatic carboxylic acids is 1. The number of hydrogen-bond acceptors (Lipinski definition) is 2. The maximum Gasteiger partial charge on any atom is 0.320 e. The lowest BCUT2D eigenvalue weighted by Gasteiger charge is -2.30. The van der Waals surface area contributed by atoms with Gasteiger partial charge in [-0.05, 0) is 31.1 Å². The molecule has 0 aromatic heterocycles. The molecule has 14 heavy (non-hydrogen) atoms. The molecular weight excluding hydrogens is 178 g/mol. The third-order valence-electron chi connectivity index (χ3n) is 3.93. The second kappa shape index (κ2) is 3.89. The Kier molecular flexibility index (Phi) is 2.77. The van der Waals surface area contributed by atoms with Gasteiger partial charge in [0, 0.05) is 6.04 Å². The smallest absolute Gasteiger partial charge is 0.320 e. The lowest BCUT2D eigenvalue weighted by Crippen LogP contribution is -2.38. The fourth-order valence-electron chi connectivity index (χ4n) is 2.98. The molecule has 4 atom stereocenters. The molecule has 1 saturated heterocycles. The Hall–Kier alpha value is -0.570. The standard InChI is InChI=1S/C11H19NO2/c1-2-7-3-4-8-6-10(11(13)14)12-9(8)5-7/h7-10,12H,2-6H2,1H3,(H,13,14)/t7?,8?,9-,10?/m1/s1. The van der Waals surface area contributed by atoms with E-state index in [1.54, 1.807) is 0 Å². The topological polar surface area (TPSA) is 49.3 Å². The average Bonchev–Trinajstić information content (AvgIpc) is 2.59. The highest BCUT2D eigenvalue weighted by atomic mass is 16.4. The van der Waals surface area contributed by atoms with Crippen LogP contribution in [-0.4, -0.2) is 23.2 Å². The van der Waals surface area contributed by atoms with E-state index >= 15 is 0 Å². The second-order valence-electron chi connectivity index (χ2n) is 4.75. The molecule has 2 rings (SSSR count). The lowest BCUT2D eigenvalue weighted by atomic mass is 9.78. The molecule has 3 nitrogen and oxygen atoms in total. The van der Waals surface area contributed by atoms with E-state index < -0.39 is 5.97 Å². The minimum Gasteiger partial charge on any atom is -0.480 e. The van der Waals surface area contributed by atoms with Crippen LogP contribution < -0.4 is 5.32 Å². The van der Waals surface area contributed by atoms with E-state index in [0.717, 1.165) is 12.3 Å².